The zero-order valence-corrected chi connectivity index (χ0v) is 16.0. The molecule has 0 spiro atoms. The highest BCUT2D eigenvalue weighted by Crippen LogP contribution is 2.31. The maximum atomic E-state index is 13.7. The van der Waals surface area contributed by atoms with Crippen molar-refractivity contribution in [3.8, 4) is 22.8 Å². The number of halogens is 1. The van der Waals surface area contributed by atoms with Crippen molar-refractivity contribution in [2.45, 2.75) is 32.2 Å². The minimum absolute atomic E-state index is 0.0606. The molecule has 1 atom stereocenters. The van der Waals surface area contributed by atoms with Crippen LogP contribution in [-0.4, -0.2) is 22.2 Å². The van der Waals surface area contributed by atoms with E-state index in [4.69, 9.17) is 4.74 Å². The number of ether oxygens (including phenoxy) is 1. The van der Waals surface area contributed by atoms with E-state index in [-0.39, 0.29) is 17.6 Å². The van der Waals surface area contributed by atoms with Gasteiger partial charge in [-0.05, 0) is 42.3 Å². The molecule has 6 heteroatoms. The smallest absolute Gasteiger partial charge is 0.161 e. The number of aromatic nitrogens is 2. The van der Waals surface area contributed by atoms with Crippen LogP contribution >= 0.6 is 0 Å². The van der Waals surface area contributed by atoms with E-state index >= 15 is 0 Å². The minimum Gasteiger partial charge on any atom is -0.504 e. The molecule has 0 fully saturated rings. The highest BCUT2D eigenvalue weighted by molar-refractivity contribution is 5.64. The highest BCUT2D eigenvalue weighted by Gasteiger charge is 2.14. The molecule has 1 unspecified atom stereocenters. The van der Waals surface area contributed by atoms with Crippen LogP contribution in [0.2, 0.25) is 0 Å². The number of phenols is 1. The number of nitrogens with one attached hydrogen (secondary N) is 1. The second-order valence-electron chi connectivity index (χ2n) is 6.57. The first kappa shape index (κ1) is 19.6. The second kappa shape index (κ2) is 9.17. The van der Waals surface area contributed by atoms with Crippen molar-refractivity contribution in [1.29, 1.82) is 0 Å². The summed E-state index contributed by atoms with van der Waals surface area (Å²) in [6.07, 6.45) is 6.22. The molecule has 1 heterocycles. The average Bonchev–Trinajstić information content (AvgIpc) is 2.71. The van der Waals surface area contributed by atoms with Gasteiger partial charge in [-0.1, -0.05) is 31.9 Å². The Morgan fingerprint density at radius 3 is 2.79 bits per heavy atom. The van der Waals surface area contributed by atoms with Crippen molar-refractivity contribution in [2.75, 3.05) is 12.4 Å². The van der Waals surface area contributed by atoms with Gasteiger partial charge in [0.2, 0.25) is 0 Å². The Morgan fingerprint density at radius 2 is 2.04 bits per heavy atom. The number of aromatic hydroxyl groups is 1. The Balaban J connectivity index is 1.87. The van der Waals surface area contributed by atoms with Crippen LogP contribution < -0.4 is 10.1 Å². The van der Waals surface area contributed by atoms with Gasteiger partial charge in [-0.15, -0.1) is 0 Å². The third kappa shape index (κ3) is 4.76. The van der Waals surface area contributed by atoms with Gasteiger partial charge in [0.1, 0.15) is 11.6 Å². The molecule has 28 heavy (non-hydrogen) atoms. The molecule has 5 nitrogen and oxygen atoms in total. The lowest BCUT2D eigenvalue weighted by atomic mass is 10.0. The van der Waals surface area contributed by atoms with Crippen molar-refractivity contribution in [1.82, 2.24) is 9.97 Å². The lowest BCUT2D eigenvalue weighted by molar-refractivity contribution is 0.373. The van der Waals surface area contributed by atoms with E-state index in [0.717, 1.165) is 30.4 Å². The van der Waals surface area contributed by atoms with Gasteiger partial charge in [-0.3, -0.25) is 4.98 Å². The van der Waals surface area contributed by atoms with Crippen molar-refractivity contribution in [2.24, 2.45) is 0 Å². The quantitative estimate of drug-likeness (QED) is 0.551. The van der Waals surface area contributed by atoms with Gasteiger partial charge in [-0.25, -0.2) is 9.37 Å². The standard InChI is InChI=1S/C22H24FN3O2/c1-3-4-8-18(15-6-5-7-17(23)11-15)25-22-14-24-13-19(26-22)16-9-10-20(27)21(12-16)28-2/h5-7,9-14,18,27H,3-4,8H2,1-2H3,(H,25,26). The molecular formula is C22H24FN3O2. The molecule has 2 aromatic carbocycles. The van der Waals surface area contributed by atoms with E-state index in [1.807, 2.05) is 6.07 Å². The molecule has 2 N–H and O–H groups in total. The van der Waals surface area contributed by atoms with Crippen molar-refractivity contribution in [3.05, 3.63) is 66.2 Å². The predicted molar refractivity (Wildman–Crippen MR) is 108 cm³/mol. The Bertz CT molecular complexity index is 933. The predicted octanol–water partition coefficient (Wildman–Crippen LogP) is 5.34. The number of benzene rings is 2. The number of anilines is 1. The Hall–Kier alpha value is -3.15. The van der Waals surface area contributed by atoms with Crippen LogP contribution in [0.25, 0.3) is 11.3 Å². The maximum absolute atomic E-state index is 13.7. The number of hydrogen-bond donors (Lipinski definition) is 2. The van der Waals surface area contributed by atoms with E-state index in [9.17, 15) is 9.50 Å². The fourth-order valence-electron chi connectivity index (χ4n) is 3.04. The van der Waals surface area contributed by atoms with Crippen LogP contribution in [0.3, 0.4) is 0 Å². The minimum atomic E-state index is -0.253. The van der Waals surface area contributed by atoms with Crippen LogP contribution in [0.4, 0.5) is 10.2 Å². The van der Waals surface area contributed by atoms with Crippen LogP contribution in [-0.2, 0) is 0 Å². The lowest BCUT2D eigenvalue weighted by Gasteiger charge is -2.20. The first-order valence-corrected chi connectivity index (χ1v) is 9.32. The Kier molecular flexibility index (Phi) is 6.42. The summed E-state index contributed by atoms with van der Waals surface area (Å²) in [5.74, 6) is 0.796. The molecule has 1 aromatic heterocycles. The molecule has 0 saturated carbocycles. The van der Waals surface area contributed by atoms with Gasteiger partial charge < -0.3 is 15.2 Å². The van der Waals surface area contributed by atoms with Gasteiger partial charge in [0.05, 0.1) is 31.2 Å². The molecule has 0 radical (unpaired) electrons. The summed E-state index contributed by atoms with van der Waals surface area (Å²) in [6.45, 7) is 2.13. The zero-order valence-electron chi connectivity index (χ0n) is 16.0. The van der Waals surface area contributed by atoms with Crippen LogP contribution in [0.15, 0.2) is 54.9 Å². The Labute approximate surface area is 164 Å². The van der Waals surface area contributed by atoms with E-state index in [0.29, 0.717) is 17.3 Å². The molecule has 0 bridgehead atoms. The van der Waals surface area contributed by atoms with Gasteiger partial charge in [0.15, 0.2) is 11.5 Å². The molecule has 3 rings (SSSR count). The first-order chi connectivity index (χ1) is 13.6. The Morgan fingerprint density at radius 1 is 1.18 bits per heavy atom. The van der Waals surface area contributed by atoms with Gasteiger partial charge in [0.25, 0.3) is 0 Å². The van der Waals surface area contributed by atoms with E-state index in [1.54, 1.807) is 42.7 Å². The summed E-state index contributed by atoms with van der Waals surface area (Å²) in [6, 6.07) is 11.6. The molecule has 0 amide bonds. The number of rotatable bonds is 8. The number of methoxy groups -OCH3 is 1. The summed E-state index contributed by atoms with van der Waals surface area (Å²) in [5, 5.41) is 13.2. The second-order valence-corrected chi connectivity index (χ2v) is 6.57. The number of nitrogens with zero attached hydrogens (tertiary/aromatic N) is 2. The van der Waals surface area contributed by atoms with Crippen LogP contribution in [0.5, 0.6) is 11.5 Å². The highest BCUT2D eigenvalue weighted by atomic mass is 19.1. The molecule has 0 aliphatic heterocycles. The fourth-order valence-corrected chi connectivity index (χ4v) is 3.04. The van der Waals surface area contributed by atoms with Crippen LogP contribution in [0, 0.1) is 5.82 Å². The van der Waals surface area contributed by atoms with E-state index < -0.39 is 0 Å². The third-order valence-electron chi connectivity index (χ3n) is 4.53. The number of hydrogen-bond acceptors (Lipinski definition) is 5. The molecule has 0 aliphatic rings. The first-order valence-electron chi connectivity index (χ1n) is 9.32. The van der Waals surface area contributed by atoms with E-state index in [1.165, 1.54) is 13.2 Å². The summed E-state index contributed by atoms with van der Waals surface area (Å²) >= 11 is 0. The fraction of sp³-hybridized carbons (Fsp3) is 0.273. The number of phenolic OH excluding ortho intramolecular Hbond substituents is 1. The van der Waals surface area contributed by atoms with Gasteiger partial charge in [-0.2, -0.15) is 0 Å². The van der Waals surface area contributed by atoms with Crippen LogP contribution in [0.1, 0.15) is 37.8 Å². The largest absolute Gasteiger partial charge is 0.504 e. The van der Waals surface area contributed by atoms with Gasteiger partial charge in [0, 0.05) is 5.56 Å². The molecular weight excluding hydrogens is 357 g/mol. The molecule has 0 saturated heterocycles. The average molecular weight is 381 g/mol. The summed E-state index contributed by atoms with van der Waals surface area (Å²) in [4.78, 5) is 8.92. The zero-order chi connectivity index (χ0) is 19.9. The monoisotopic (exact) mass is 381 g/mol. The normalized spacial score (nSPS) is 11.8. The van der Waals surface area contributed by atoms with Crippen molar-refractivity contribution < 1.29 is 14.2 Å². The molecule has 3 aromatic rings. The topological polar surface area (TPSA) is 67.3 Å². The summed E-state index contributed by atoms with van der Waals surface area (Å²) < 4.78 is 18.9. The number of unbranched alkanes of at least 4 members (excludes halogenated alkanes) is 1. The van der Waals surface area contributed by atoms with Crippen molar-refractivity contribution >= 4 is 5.82 Å². The summed E-state index contributed by atoms with van der Waals surface area (Å²) in [5.41, 5.74) is 2.31. The molecule has 0 aliphatic carbocycles. The van der Waals surface area contributed by atoms with E-state index in [2.05, 4.69) is 22.2 Å². The van der Waals surface area contributed by atoms with Gasteiger partial charge >= 0.3 is 0 Å². The maximum Gasteiger partial charge on any atom is 0.161 e. The SMILES string of the molecule is CCCCC(Nc1cncc(-c2ccc(O)c(OC)c2)n1)c1cccc(F)c1. The lowest BCUT2D eigenvalue weighted by Crippen LogP contribution is -2.12. The van der Waals surface area contributed by atoms with Crippen molar-refractivity contribution in [3.63, 3.8) is 0 Å². The summed E-state index contributed by atoms with van der Waals surface area (Å²) in [7, 11) is 1.50. The third-order valence-corrected chi connectivity index (χ3v) is 4.53. The molecule has 146 valence electrons.